The molecule has 2 heterocycles. The molecule has 1 aromatic heterocycles. The second-order valence-corrected chi connectivity index (χ2v) is 5.40. The van der Waals surface area contributed by atoms with Crippen molar-refractivity contribution in [3.05, 3.63) is 64.7 Å². The molecule has 0 aliphatic carbocycles. The van der Waals surface area contributed by atoms with Crippen molar-refractivity contribution < 1.29 is 18.4 Å². The van der Waals surface area contributed by atoms with Crippen molar-refractivity contribution >= 4 is 29.0 Å². The Labute approximate surface area is 124 Å². The number of amides is 2. The summed E-state index contributed by atoms with van der Waals surface area (Å²) in [7, 11) is 0. The molecule has 6 heteroatoms. The van der Waals surface area contributed by atoms with Gasteiger partial charge >= 0.3 is 0 Å². The van der Waals surface area contributed by atoms with Gasteiger partial charge in [-0.25, -0.2) is 4.39 Å². The van der Waals surface area contributed by atoms with Gasteiger partial charge in [-0.3, -0.25) is 14.5 Å². The van der Waals surface area contributed by atoms with Crippen LogP contribution in [0.3, 0.4) is 0 Å². The fraction of sp³-hybridized carbons (Fsp3) is 0.0667. The summed E-state index contributed by atoms with van der Waals surface area (Å²) < 4.78 is 18.0. The molecule has 1 fully saturated rings. The van der Waals surface area contributed by atoms with Gasteiger partial charge in [0.2, 0.25) is 0 Å². The molecule has 1 saturated heterocycles. The summed E-state index contributed by atoms with van der Waals surface area (Å²) in [6, 6.07) is 9.10. The van der Waals surface area contributed by atoms with Crippen molar-refractivity contribution in [2.75, 3.05) is 0 Å². The van der Waals surface area contributed by atoms with Crippen LogP contribution in [-0.2, 0) is 11.3 Å². The third-order valence-corrected chi connectivity index (χ3v) is 3.85. The molecule has 0 spiro atoms. The Bertz CT molecular complexity index is 707. The first-order valence-electron chi connectivity index (χ1n) is 6.17. The van der Waals surface area contributed by atoms with E-state index in [1.54, 1.807) is 24.3 Å². The third kappa shape index (κ3) is 2.90. The average molecular weight is 303 g/mol. The first-order valence-corrected chi connectivity index (χ1v) is 6.98. The molecule has 3 rings (SSSR count). The maximum atomic E-state index is 12.9. The molecule has 1 aliphatic rings. The molecule has 0 bridgehead atoms. The lowest BCUT2D eigenvalue weighted by atomic mass is 10.2. The number of hydrogen-bond acceptors (Lipinski definition) is 4. The second-order valence-electron chi connectivity index (χ2n) is 4.41. The molecule has 0 atom stereocenters. The van der Waals surface area contributed by atoms with Gasteiger partial charge in [0.25, 0.3) is 11.1 Å². The maximum absolute atomic E-state index is 12.9. The molecule has 1 aliphatic heterocycles. The SMILES string of the molecule is O=C1S/C(=C/c2ccco2)C(=O)N1Cc1ccc(F)cc1. The standard InChI is InChI=1S/C15H10FNO3S/c16-11-5-3-10(4-6-11)9-17-14(18)13(21-15(17)19)8-12-2-1-7-20-12/h1-8H,9H2/b13-8+. The Morgan fingerprint density at radius 3 is 2.62 bits per heavy atom. The number of imide groups is 1. The fourth-order valence-electron chi connectivity index (χ4n) is 1.91. The second kappa shape index (κ2) is 5.57. The first kappa shape index (κ1) is 13.6. The number of furan rings is 1. The Kier molecular flexibility index (Phi) is 3.62. The summed E-state index contributed by atoms with van der Waals surface area (Å²) in [4.78, 5) is 25.6. The van der Waals surface area contributed by atoms with Crippen molar-refractivity contribution in [3.8, 4) is 0 Å². The summed E-state index contributed by atoms with van der Waals surface area (Å²) in [5, 5.41) is -0.345. The molecule has 4 nitrogen and oxygen atoms in total. The third-order valence-electron chi connectivity index (χ3n) is 2.94. The molecular weight excluding hydrogens is 293 g/mol. The van der Waals surface area contributed by atoms with E-state index in [-0.39, 0.29) is 23.5 Å². The lowest BCUT2D eigenvalue weighted by Crippen LogP contribution is -2.27. The zero-order valence-electron chi connectivity index (χ0n) is 10.8. The van der Waals surface area contributed by atoms with Crippen molar-refractivity contribution in [2.24, 2.45) is 0 Å². The molecule has 106 valence electrons. The van der Waals surface area contributed by atoms with E-state index in [0.717, 1.165) is 16.7 Å². The lowest BCUT2D eigenvalue weighted by molar-refractivity contribution is -0.123. The summed E-state index contributed by atoms with van der Waals surface area (Å²) in [5.74, 6) is -0.210. The van der Waals surface area contributed by atoms with Gasteiger partial charge in [0.15, 0.2) is 0 Å². The van der Waals surface area contributed by atoms with Gasteiger partial charge in [-0.2, -0.15) is 0 Å². The Balaban J connectivity index is 1.79. The topological polar surface area (TPSA) is 50.5 Å². The number of carbonyl (C=O) groups is 2. The van der Waals surface area contributed by atoms with Crippen LogP contribution in [0.25, 0.3) is 6.08 Å². The fourth-order valence-corrected chi connectivity index (χ4v) is 2.73. The van der Waals surface area contributed by atoms with Gasteiger partial charge < -0.3 is 4.42 Å². The predicted octanol–water partition coefficient (Wildman–Crippen LogP) is 3.66. The Hall–Kier alpha value is -2.34. The van der Waals surface area contributed by atoms with Gasteiger partial charge in [-0.05, 0) is 41.6 Å². The van der Waals surface area contributed by atoms with E-state index in [9.17, 15) is 14.0 Å². The van der Waals surface area contributed by atoms with Gasteiger partial charge in [0.05, 0.1) is 17.7 Å². The largest absolute Gasteiger partial charge is 0.465 e. The summed E-state index contributed by atoms with van der Waals surface area (Å²) >= 11 is 0.867. The van der Waals surface area contributed by atoms with Crippen LogP contribution in [0, 0.1) is 5.82 Å². The van der Waals surface area contributed by atoms with Crippen molar-refractivity contribution in [2.45, 2.75) is 6.54 Å². The highest BCUT2D eigenvalue weighted by Gasteiger charge is 2.35. The van der Waals surface area contributed by atoms with Crippen LogP contribution in [0.2, 0.25) is 0 Å². The normalized spacial score (nSPS) is 17.0. The number of hydrogen-bond donors (Lipinski definition) is 0. The number of rotatable bonds is 3. The van der Waals surface area contributed by atoms with Crippen LogP contribution >= 0.6 is 11.8 Å². The summed E-state index contributed by atoms with van der Waals surface area (Å²) in [6.45, 7) is 0.125. The molecule has 0 unspecified atom stereocenters. The zero-order chi connectivity index (χ0) is 14.8. The molecule has 0 saturated carbocycles. The van der Waals surface area contributed by atoms with Gasteiger partial charge in [0.1, 0.15) is 11.6 Å². The van der Waals surface area contributed by atoms with E-state index in [0.29, 0.717) is 16.2 Å². The minimum absolute atomic E-state index is 0.125. The van der Waals surface area contributed by atoms with E-state index < -0.39 is 0 Å². The summed E-state index contributed by atoms with van der Waals surface area (Å²) in [6.07, 6.45) is 3.03. The van der Waals surface area contributed by atoms with Crippen molar-refractivity contribution in [3.63, 3.8) is 0 Å². The smallest absolute Gasteiger partial charge is 0.293 e. The van der Waals surface area contributed by atoms with E-state index in [4.69, 9.17) is 4.42 Å². The quantitative estimate of drug-likeness (QED) is 0.812. The zero-order valence-corrected chi connectivity index (χ0v) is 11.6. The lowest BCUT2D eigenvalue weighted by Gasteiger charge is -2.12. The number of benzene rings is 1. The molecule has 1 aromatic carbocycles. The number of thioether (sulfide) groups is 1. The van der Waals surface area contributed by atoms with E-state index >= 15 is 0 Å². The molecule has 2 aromatic rings. The maximum Gasteiger partial charge on any atom is 0.293 e. The van der Waals surface area contributed by atoms with Crippen LogP contribution in [0.4, 0.5) is 9.18 Å². The highest BCUT2D eigenvalue weighted by atomic mass is 32.2. The highest BCUT2D eigenvalue weighted by Crippen LogP contribution is 2.33. The number of nitrogens with zero attached hydrogens (tertiary/aromatic N) is 1. The average Bonchev–Trinajstić information content (AvgIpc) is 3.06. The Morgan fingerprint density at radius 2 is 1.95 bits per heavy atom. The number of halogens is 1. The molecule has 2 amide bonds. The minimum Gasteiger partial charge on any atom is -0.465 e. The van der Waals surface area contributed by atoms with Gasteiger partial charge in [0, 0.05) is 6.08 Å². The van der Waals surface area contributed by atoms with E-state index in [1.807, 2.05) is 0 Å². The molecular formula is C15H10FNO3S. The highest BCUT2D eigenvalue weighted by molar-refractivity contribution is 8.18. The van der Waals surface area contributed by atoms with Gasteiger partial charge in [-0.15, -0.1) is 0 Å². The Morgan fingerprint density at radius 1 is 1.19 bits per heavy atom. The molecule has 0 N–H and O–H groups in total. The first-order chi connectivity index (χ1) is 10.1. The van der Waals surface area contributed by atoms with Crippen LogP contribution in [0.15, 0.2) is 52.0 Å². The monoisotopic (exact) mass is 303 g/mol. The molecule has 21 heavy (non-hydrogen) atoms. The van der Waals surface area contributed by atoms with E-state index in [1.165, 1.54) is 24.5 Å². The number of carbonyl (C=O) groups excluding carboxylic acids is 2. The van der Waals surface area contributed by atoms with Crippen LogP contribution in [0.1, 0.15) is 11.3 Å². The van der Waals surface area contributed by atoms with Crippen LogP contribution < -0.4 is 0 Å². The predicted molar refractivity (Wildman–Crippen MR) is 76.6 cm³/mol. The van der Waals surface area contributed by atoms with Crippen LogP contribution in [0.5, 0.6) is 0 Å². The minimum atomic E-state index is -0.370. The molecule has 0 radical (unpaired) electrons. The summed E-state index contributed by atoms with van der Waals surface area (Å²) in [5.41, 5.74) is 0.693. The van der Waals surface area contributed by atoms with E-state index in [2.05, 4.69) is 0 Å². The van der Waals surface area contributed by atoms with Crippen molar-refractivity contribution in [1.29, 1.82) is 0 Å². The van der Waals surface area contributed by atoms with Crippen LogP contribution in [-0.4, -0.2) is 16.0 Å². The van der Waals surface area contributed by atoms with Crippen molar-refractivity contribution in [1.82, 2.24) is 4.90 Å². The van der Waals surface area contributed by atoms with Gasteiger partial charge in [-0.1, -0.05) is 12.1 Å².